The van der Waals surface area contributed by atoms with Crippen LogP contribution < -0.4 is 11.1 Å². The minimum absolute atomic E-state index is 0.0359. The summed E-state index contributed by atoms with van der Waals surface area (Å²) in [6.07, 6.45) is -0.564. The number of nitrogens with two attached hydrogens (primary N) is 1. The Kier molecular flexibility index (Phi) is 9.36. The second kappa shape index (κ2) is 12.2. The molecule has 0 saturated carbocycles. The number of nitrogens with one attached hydrogen (secondary N) is 1. The molecule has 0 unspecified atom stereocenters. The summed E-state index contributed by atoms with van der Waals surface area (Å²) in [6, 6.07) is 5.19. The third-order valence-corrected chi connectivity index (χ3v) is 6.69. The lowest BCUT2D eigenvalue weighted by atomic mass is 9.86. The first-order chi connectivity index (χ1) is 18.6. The fourth-order valence-electron chi connectivity index (χ4n) is 4.35. The van der Waals surface area contributed by atoms with Gasteiger partial charge in [-0.15, -0.1) is 0 Å². The van der Waals surface area contributed by atoms with E-state index >= 15 is 0 Å². The van der Waals surface area contributed by atoms with E-state index in [2.05, 4.69) is 15.3 Å². The number of benzene rings is 1. The van der Waals surface area contributed by atoms with E-state index in [1.54, 1.807) is 30.0 Å². The van der Waals surface area contributed by atoms with E-state index in [1.165, 1.54) is 12.4 Å². The number of carboxylic acids is 1. The molecule has 2 aliphatic rings. The number of guanidine groups is 1. The molecule has 0 radical (unpaired) electrons. The van der Waals surface area contributed by atoms with Gasteiger partial charge in [-0.1, -0.05) is 23.7 Å². The van der Waals surface area contributed by atoms with Gasteiger partial charge >= 0.3 is 12.1 Å². The van der Waals surface area contributed by atoms with E-state index in [-0.39, 0.29) is 36.1 Å². The largest absolute Gasteiger partial charge is 0.490 e. The quantitative estimate of drug-likeness (QED) is 0.491. The topological polar surface area (TPSA) is 160 Å². The number of anilines is 1. The van der Waals surface area contributed by atoms with Gasteiger partial charge in [-0.3, -0.25) is 19.5 Å². The number of rotatable bonds is 4. The lowest BCUT2D eigenvalue weighted by Crippen LogP contribution is -2.56. The highest BCUT2D eigenvalue weighted by molar-refractivity contribution is 6.34. The molecule has 2 aromatic rings. The van der Waals surface area contributed by atoms with Crippen LogP contribution in [0.3, 0.4) is 0 Å². The number of carboxylic acid groups (broad SMARTS) is 1. The zero-order valence-electron chi connectivity index (χ0n) is 21.8. The molecule has 0 bridgehead atoms. The van der Waals surface area contributed by atoms with Crippen LogP contribution >= 0.6 is 11.6 Å². The molecule has 1 aromatic carbocycles. The number of amides is 2. The highest BCUT2D eigenvalue weighted by Gasteiger charge is 2.42. The molecular weight excluding hydrogens is 557 g/mol. The van der Waals surface area contributed by atoms with Crippen LogP contribution in [-0.4, -0.2) is 68.6 Å². The Morgan fingerprint density at radius 2 is 1.95 bits per heavy atom. The molecule has 1 saturated heterocycles. The average molecular weight is 585 g/mol. The van der Waals surface area contributed by atoms with Crippen LogP contribution in [0, 0.1) is 6.92 Å². The number of carbonyl (C=O) groups is 3. The maximum absolute atomic E-state index is 13.2. The Bertz CT molecular complexity index is 1310. The number of aryl methyl sites for hydroxylation is 1. The molecule has 3 heterocycles. The third-order valence-electron chi connectivity index (χ3n) is 6.28. The number of nitrogens with zero attached hydrogens (tertiary/aromatic N) is 4. The Morgan fingerprint density at radius 3 is 2.50 bits per heavy atom. The standard InChI is InChI=1S/C23H27ClN6O3.C2HF3O2/c1-13-11-27-18(12-26-13)21(32)28-17-6-4-5-16(20(17)24)23(3)10-19(31)30(22(25)29-23)15-7-8-33-14(2)9-15;3-2(4,5)1(6)7/h4-6,11-12,14-15H,7-10H2,1-3H3,(H2,25,29)(H,28,32);(H,6,7)/t14-,15-,23+;/m1./s1. The minimum Gasteiger partial charge on any atom is -0.475 e. The van der Waals surface area contributed by atoms with E-state index in [4.69, 9.17) is 37.0 Å². The number of ether oxygens (including phenoxy) is 1. The first-order valence-corrected chi connectivity index (χ1v) is 12.5. The fraction of sp³-hybridized carbons (Fsp3) is 0.440. The fourth-order valence-corrected chi connectivity index (χ4v) is 4.73. The number of hydrogen-bond acceptors (Lipinski definition) is 8. The van der Waals surface area contributed by atoms with Gasteiger partial charge in [0.05, 0.1) is 40.7 Å². The molecular formula is C25H28ClF3N6O5. The van der Waals surface area contributed by atoms with Crippen molar-refractivity contribution in [3.05, 3.63) is 52.6 Å². The van der Waals surface area contributed by atoms with Crippen molar-refractivity contribution in [1.29, 1.82) is 0 Å². The summed E-state index contributed by atoms with van der Waals surface area (Å²) >= 11 is 6.69. The van der Waals surface area contributed by atoms with Crippen LogP contribution in [0.15, 0.2) is 35.6 Å². The maximum atomic E-state index is 13.2. The van der Waals surface area contributed by atoms with Gasteiger partial charge in [0.1, 0.15) is 5.69 Å². The van der Waals surface area contributed by atoms with Crippen molar-refractivity contribution in [2.75, 3.05) is 11.9 Å². The Balaban J connectivity index is 0.000000559. The van der Waals surface area contributed by atoms with Gasteiger partial charge in [-0.2, -0.15) is 13.2 Å². The first kappa shape index (κ1) is 30.8. The van der Waals surface area contributed by atoms with Gasteiger partial charge < -0.3 is 20.9 Å². The summed E-state index contributed by atoms with van der Waals surface area (Å²) in [5.74, 6) is -3.13. The van der Waals surface area contributed by atoms with Crippen LogP contribution in [0.4, 0.5) is 18.9 Å². The Labute approximate surface area is 232 Å². The second-order valence-corrected chi connectivity index (χ2v) is 9.89. The molecule has 216 valence electrons. The van der Waals surface area contributed by atoms with Gasteiger partial charge in [0.15, 0.2) is 5.96 Å². The summed E-state index contributed by atoms with van der Waals surface area (Å²) in [4.78, 5) is 49.2. The lowest BCUT2D eigenvalue weighted by molar-refractivity contribution is -0.192. The second-order valence-electron chi connectivity index (χ2n) is 9.51. The van der Waals surface area contributed by atoms with E-state index in [1.807, 2.05) is 13.8 Å². The SMILES string of the molecule is Cc1cnc(C(=O)Nc2cccc([C@]3(C)CC(=O)N([C@@H]4CCO[C@H](C)C4)C(N)=N3)c2Cl)cn1.O=C(O)C(F)(F)F. The number of aliphatic carboxylic acids is 1. The molecule has 2 aliphatic heterocycles. The van der Waals surface area contributed by atoms with Crippen LogP contribution in [0.25, 0.3) is 0 Å². The monoisotopic (exact) mass is 584 g/mol. The zero-order valence-corrected chi connectivity index (χ0v) is 22.6. The van der Waals surface area contributed by atoms with E-state index in [0.29, 0.717) is 41.4 Å². The summed E-state index contributed by atoms with van der Waals surface area (Å²) in [5.41, 5.74) is 7.22. The van der Waals surface area contributed by atoms with Crippen molar-refractivity contribution in [2.45, 2.75) is 63.9 Å². The normalized spacial score (nSPS) is 23.0. The maximum Gasteiger partial charge on any atom is 0.490 e. The average Bonchev–Trinajstić information content (AvgIpc) is 2.85. The molecule has 3 atom stereocenters. The molecule has 1 aromatic heterocycles. The molecule has 40 heavy (non-hydrogen) atoms. The number of halogens is 4. The van der Waals surface area contributed by atoms with E-state index < -0.39 is 23.6 Å². The van der Waals surface area contributed by atoms with Gasteiger partial charge in [0.25, 0.3) is 5.91 Å². The minimum atomic E-state index is -5.08. The molecule has 1 fully saturated rings. The van der Waals surface area contributed by atoms with Crippen LogP contribution in [0.2, 0.25) is 5.02 Å². The number of hydrogen-bond donors (Lipinski definition) is 3. The molecule has 0 spiro atoms. The summed E-state index contributed by atoms with van der Waals surface area (Å²) in [7, 11) is 0. The molecule has 4 rings (SSSR count). The Morgan fingerprint density at radius 1 is 1.27 bits per heavy atom. The Hall–Kier alpha value is -3.78. The molecule has 4 N–H and O–H groups in total. The highest BCUT2D eigenvalue weighted by atomic mass is 35.5. The number of carbonyl (C=O) groups excluding carboxylic acids is 2. The first-order valence-electron chi connectivity index (χ1n) is 12.1. The van der Waals surface area contributed by atoms with Crippen molar-refractivity contribution in [2.24, 2.45) is 10.7 Å². The lowest BCUT2D eigenvalue weighted by Gasteiger charge is -2.41. The number of aliphatic imine (C=N–C) groups is 1. The van der Waals surface area contributed by atoms with Gasteiger partial charge in [-0.05, 0) is 39.7 Å². The van der Waals surface area contributed by atoms with Crippen LogP contribution in [0.1, 0.15) is 54.9 Å². The molecule has 15 heteroatoms. The zero-order chi connectivity index (χ0) is 29.8. The van der Waals surface area contributed by atoms with Gasteiger partial charge in [0, 0.05) is 24.4 Å². The predicted molar refractivity (Wildman–Crippen MR) is 139 cm³/mol. The van der Waals surface area contributed by atoms with Gasteiger partial charge in [0.2, 0.25) is 5.91 Å². The van der Waals surface area contributed by atoms with Crippen molar-refractivity contribution in [3.63, 3.8) is 0 Å². The van der Waals surface area contributed by atoms with Gasteiger partial charge in [-0.25, -0.2) is 14.8 Å². The number of aromatic nitrogens is 2. The van der Waals surface area contributed by atoms with Crippen LogP contribution in [-0.2, 0) is 19.9 Å². The summed E-state index contributed by atoms with van der Waals surface area (Å²) in [6.45, 7) is 6.18. The number of alkyl halides is 3. The summed E-state index contributed by atoms with van der Waals surface area (Å²) in [5, 5.41) is 10.2. The van der Waals surface area contributed by atoms with Crippen molar-refractivity contribution < 1.29 is 37.4 Å². The van der Waals surface area contributed by atoms with Crippen molar-refractivity contribution in [3.8, 4) is 0 Å². The van der Waals surface area contributed by atoms with E-state index in [9.17, 15) is 22.8 Å². The molecule has 2 amide bonds. The highest BCUT2D eigenvalue weighted by Crippen LogP contribution is 2.41. The summed E-state index contributed by atoms with van der Waals surface area (Å²) < 4.78 is 37.3. The van der Waals surface area contributed by atoms with E-state index in [0.717, 1.165) is 0 Å². The molecule has 0 aliphatic carbocycles. The molecule has 11 nitrogen and oxygen atoms in total. The third kappa shape index (κ3) is 7.24. The van der Waals surface area contributed by atoms with Crippen LogP contribution in [0.5, 0.6) is 0 Å². The van der Waals surface area contributed by atoms with Crippen molar-refractivity contribution in [1.82, 2.24) is 14.9 Å². The predicted octanol–water partition coefficient (Wildman–Crippen LogP) is 3.65. The smallest absolute Gasteiger partial charge is 0.475 e. The van der Waals surface area contributed by atoms with Crippen molar-refractivity contribution >= 4 is 41.0 Å².